The van der Waals surface area contributed by atoms with Crippen molar-refractivity contribution >= 4 is 27.5 Å². The van der Waals surface area contributed by atoms with Crippen LogP contribution in [0, 0.1) is 0 Å². The van der Waals surface area contributed by atoms with Crippen LogP contribution in [0.15, 0.2) is 22.7 Å². The first-order valence-corrected chi connectivity index (χ1v) is 6.24. The summed E-state index contributed by atoms with van der Waals surface area (Å²) < 4.78 is 6.13. The Bertz CT molecular complexity index is 383. The van der Waals surface area contributed by atoms with Crippen LogP contribution in [0.5, 0.6) is 5.75 Å². The number of anilines is 1. The fraction of sp³-hybridized carbons (Fsp3) is 0.417. The summed E-state index contributed by atoms with van der Waals surface area (Å²) in [4.78, 5) is 11.0. The van der Waals surface area contributed by atoms with Crippen molar-refractivity contribution in [2.75, 3.05) is 26.0 Å². The number of carbonyl (C=O) groups excluding carboxylic acids is 1. The molecular formula is C12H17BrN2O2. The van der Waals surface area contributed by atoms with Gasteiger partial charge in [0, 0.05) is 36.2 Å². The number of benzene rings is 1. The van der Waals surface area contributed by atoms with Gasteiger partial charge in [0.05, 0.1) is 7.11 Å². The summed E-state index contributed by atoms with van der Waals surface area (Å²) in [6.45, 7) is 0.757. The van der Waals surface area contributed by atoms with E-state index in [4.69, 9.17) is 4.74 Å². The van der Waals surface area contributed by atoms with Gasteiger partial charge in [0.25, 0.3) is 0 Å². The van der Waals surface area contributed by atoms with Crippen LogP contribution >= 0.6 is 15.9 Å². The van der Waals surface area contributed by atoms with Crippen LogP contribution in [0.2, 0.25) is 0 Å². The average molecular weight is 301 g/mol. The SMILES string of the molecule is CNC(=O)CCCNc1cc(Br)cc(OC)c1. The van der Waals surface area contributed by atoms with Gasteiger partial charge in [-0.25, -0.2) is 0 Å². The molecule has 0 bridgehead atoms. The molecule has 0 fully saturated rings. The molecular weight excluding hydrogens is 284 g/mol. The summed E-state index contributed by atoms with van der Waals surface area (Å²) in [7, 11) is 3.28. The Morgan fingerprint density at radius 3 is 2.82 bits per heavy atom. The van der Waals surface area contributed by atoms with Crippen LogP contribution < -0.4 is 15.4 Å². The van der Waals surface area contributed by atoms with E-state index >= 15 is 0 Å². The largest absolute Gasteiger partial charge is 0.497 e. The molecule has 0 aliphatic heterocycles. The number of amides is 1. The molecule has 17 heavy (non-hydrogen) atoms. The van der Waals surface area contributed by atoms with Gasteiger partial charge >= 0.3 is 0 Å². The molecule has 1 aromatic rings. The Kier molecular flexibility index (Phi) is 5.83. The standard InChI is InChI=1S/C12H17BrN2O2/c1-14-12(16)4-3-5-15-10-6-9(13)7-11(8-10)17-2/h6-8,15H,3-5H2,1-2H3,(H,14,16). The zero-order valence-corrected chi connectivity index (χ0v) is 11.6. The van der Waals surface area contributed by atoms with Gasteiger partial charge in [0.1, 0.15) is 5.75 Å². The van der Waals surface area contributed by atoms with E-state index in [0.717, 1.165) is 28.9 Å². The van der Waals surface area contributed by atoms with Gasteiger partial charge in [-0.05, 0) is 18.6 Å². The van der Waals surface area contributed by atoms with E-state index in [2.05, 4.69) is 26.6 Å². The molecule has 1 rings (SSSR count). The second-order valence-corrected chi connectivity index (χ2v) is 4.50. The molecule has 4 nitrogen and oxygen atoms in total. The number of carbonyl (C=O) groups is 1. The third kappa shape index (κ3) is 5.08. The van der Waals surface area contributed by atoms with Crippen molar-refractivity contribution in [2.45, 2.75) is 12.8 Å². The maximum Gasteiger partial charge on any atom is 0.219 e. The predicted molar refractivity (Wildman–Crippen MR) is 72.5 cm³/mol. The van der Waals surface area contributed by atoms with E-state index in [9.17, 15) is 4.79 Å². The van der Waals surface area contributed by atoms with Gasteiger partial charge < -0.3 is 15.4 Å². The molecule has 0 spiro atoms. The number of rotatable bonds is 6. The number of ether oxygens (including phenoxy) is 1. The maximum atomic E-state index is 11.0. The second kappa shape index (κ2) is 7.17. The van der Waals surface area contributed by atoms with Crippen molar-refractivity contribution in [3.8, 4) is 5.75 Å². The van der Waals surface area contributed by atoms with Crippen LogP contribution in [0.1, 0.15) is 12.8 Å². The fourth-order valence-electron chi connectivity index (χ4n) is 1.39. The van der Waals surface area contributed by atoms with E-state index in [-0.39, 0.29) is 5.91 Å². The first-order chi connectivity index (χ1) is 8.15. The summed E-state index contributed by atoms with van der Waals surface area (Å²) in [5, 5.41) is 5.85. The third-order valence-electron chi connectivity index (χ3n) is 2.30. The van der Waals surface area contributed by atoms with Crippen molar-refractivity contribution in [3.63, 3.8) is 0 Å². The molecule has 0 aliphatic rings. The van der Waals surface area contributed by atoms with Gasteiger partial charge in [-0.15, -0.1) is 0 Å². The monoisotopic (exact) mass is 300 g/mol. The summed E-state index contributed by atoms with van der Waals surface area (Å²) in [5.41, 5.74) is 0.980. The minimum atomic E-state index is 0.0682. The molecule has 5 heteroatoms. The summed E-state index contributed by atoms with van der Waals surface area (Å²) in [6, 6.07) is 5.79. The Labute approximate surface area is 110 Å². The maximum absolute atomic E-state index is 11.0. The minimum absolute atomic E-state index is 0.0682. The Morgan fingerprint density at radius 1 is 1.41 bits per heavy atom. The molecule has 0 aromatic heterocycles. The van der Waals surface area contributed by atoms with E-state index in [1.807, 2.05) is 18.2 Å². The van der Waals surface area contributed by atoms with Gasteiger partial charge in [0.15, 0.2) is 0 Å². The van der Waals surface area contributed by atoms with Crippen LogP contribution in [0.3, 0.4) is 0 Å². The van der Waals surface area contributed by atoms with Crippen molar-refractivity contribution in [3.05, 3.63) is 22.7 Å². The summed E-state index contributed by atoms with van der Waals surface area (Å²) in [5.74, 6) is 0.867. The van der Waals surface area contributed by atoms with Crippen molar-refractivity contribution in [1.82, 2.24) is 5.32 Å². The topological polar surface area (TPSA) is 50.4 Å². The normalized spacial score (nSPS) is 9.82. The second-order valence-electron chi connectivity index (χ2n) is 3.58. The van der Waals surface area contributed by atoms with Gasteiger partial charge in [-0.2, -0.15) is 0 Å². The zero-order valence-electron chi connectivity index (χ0n) is 10.0. The average Bonchev–Trinajstić information content (AvgIpc) is 2.33. The lowest BCUT2D eigenvalue weighted by atomic mass is 10.2. The van der Waals surface area contributed by atoms with Crippen LogP contribution in [0.25, 0.3) is 0 Å². The lowest BCUT2D eigenvalue weighted by molar-refractivity contribution is -0.120. The molecule has 0 atom stereocenters. The third-order valence-corrected chi connectivity index (χ3v) is 2.75. The van der Waals surface area contributed by atoms with Crippen molar-refractivity contribution in [1.29, 1.82) is 0 Å². The number of methoxy groups -OCH3 is 1. The highest BCUT2D eigenvalue weighted by atomic mass is 79.9. The predicted octanol–water partition coefficient (Wildman–Crippen LogP) is 2.40. The molecule has 1 amide bonds. The lowest BCUT2D eigenvalue weighted by Gasteiger charge is -2.08. The first kappa shape index (κ1) is 13.8. The first-order valence-electron chi connectivity index (χ1n) is 5.44. The summed E-state index contributed by atoms with van der Waals surface area (Å²) in [6.07, 6.45) is 1.34. The molecule has 94 valence electrons. The molecule has 0 radical (unpaired) electrons. The smallest absolute Gasteiger partial charge is 0.219 e. The molecule has 0 saturated carbocycles. The Morgan fingerprint density at radius 2 is 2.18 bits per heavy atom. The van der Waals surface area contributed by atoms with Crippen LogP contribution in [-0.4, -0.2) is 26.6 Å². The highest BCUT2D eigenvalue weighted by molar-refractivity contribution is 9.10. The molecule has 0 saturated heterocycles. The van der Waals surface area contributed by atoms with Gasteiger partial charge in [0.2, 0.25) is 5.91 Å². The van der Waals surface area contributed by atoms with Crippen molar-refractivity contribution < 1.29 is 9.53 Å². The van der Waals surface area contributed by atoms with Crippen molar-refractivity contribution in [2.24, 2.45) is 0 Å². The minimum Gasteiger partial charge on any atom is -0.497 e. The van der Waals surface area contributed by atoms with Crippen LogP contribution in [0.4, 0.5) is 5.69 Å². The number of halogens is 1. The Hall–Kier alpha value is -1.23. The lowest BCUT2D eigenvalue weighted by Crippen LogP contribution is -2.18. The molecule has 0 unspecified atom stereocenters. The van der Waals surface area contributed by atoms with Gasteiger partial charge in [-0.1, -0.05) is 15.9 Å². The highest BCUT2D eigenvalue weighted by Crippen LogP contribution is 2.24. The Balaban J connectivity index is 2.41. The number of hydrogen-bond donors (Lipinski definition) is 2. The fourth-order valence-corrected chi connectivity index (χ4v) is 1.86. The summed E-state index contributed by atoms with van der Waals surface area (Å²) >= 11 is 3.41. The van der Waals surface area contributed by atoms with E-state index in [0.29, 0.717) is 6.42 Å². The van der Waals surface area contributed by atoms with E-state index < -0.39 is 0 Å². The van der Waals surface area contributed by atoms with Crippen LogP contribution in [-0.2, 0) is 4.79 Å². The quantitative estimate of drug-likeness (QED) is 0.793. The number of nitrogens with one attached hydrogen (secondary N) is 2. The van der Waals surface area contributed by atoms with E-state index in [1.54, 1.807) is 14.2 Å². The zero-order chi connectivity index (χ0) is 12.7. The van der Waals surface area contributed by atoms with E-state index in [1.165, 1.54) is 0 Å². The molecule has 2 N–H and O–H groups in total. The molecule has 0 heterocycles. The molecule has 1 aromatic carbocycles. The van der Waals surface area contributed by atoms with Gasteiger partial charge in [-0.3, -0.25) is 4.79 Å². The highest BCUT2D eigenvalue weighted by Gasteiger charge is 2.00. The number of hydrogen-bond acceptors (Lipinski definition) is 3. The molecule has 0 aliphatic carbocycles.